The lowest BCUT2D eigenvalue weighted by Crippen LogP contribution is -1.85. The minimum absolute atomic E-state index is 0.211. The molecule has 30 heavy (non-hydrogen) atoms. The lowest BCUT2D eigenvalue weighted by Gasteiger charge is -2.06. The van der Waals surface area contributed by atoms with Crippen molar-refractivity contribution >= 4 is 35.1 Å². The molecule has 0 atom stereocenters. The number of aryl methyl sites for hydroxylation is 2. The van der Waals surface area contributed by atoms with E-state index in [1.54, 1.807) is 26.0 Å². The summed E-state index contributed by atoms with van der Waals surface area (Å²) in [5, 5.41) is 2.26. The molecule has 0 spiro atoms. The molecule has 148 valence electrons. The highest BCUT2D eigenvalue weighted by molar-refractivity contribution is 5.91. The van der Waals surface area contributed by atoms with Crippen molar-refractivity contribution < 1.29 is 8.78 Å². The van der Waals surface area contributed by atoms with Gasteiger partial charge in [-0.25, -0.2) is 8.78 Å². The number of hydrogen-bond donors (Lipinski definition) is 0. The van der Waals surface area contributed by atoms with Gasteiger partial charge in [-0.15, -0.1) is 0 Å². The van der Waals surface area contributed by atoms with E-state index in [-0.39, 0.29) is 11.6 Å². The van der Waals surface area contributed by atoms with E-state index in [1.165, 1.54) is 12.1 Å². The van der Waals surface area contributed by atoms with Crippen LogP contribution in [0.1, 0.15) is 33.4 Å². The van der Waals surface area contributed by atoms with Crippen LogP contribution in [0.3, 0.4) is 0 Å². The quantitative estimate of drug-likeness (QED) is 0.306. The Morgan fingerprint density at radius 3 is 1.37 bits per heavy atom. The molecule has 4 rings (SSSR count). The van der Waals surface area contributed by atoms with Crippen molar-refractivity contribution in [2.24, 2.45) is 0 Å². The monoisotopic (exact) mass is 396 g/mol. The highest BCUT2D eigenvalue weighted by Crippen LogP contribution is 2.24. The molecule has 0 unspecified atom stereocenters. The predicted molar refractivity (Wildman–Crippen MR) is 124 cm³/mol. The van der Waals surface area contributed by atoms with E-state index in [0.717, 1.165) is 33.0 Å². The first-order valence-electron chi connectivity index (χ1n) is 9.91. The molecule has 2 heteroatoms. The van der Waals surface area contributed by atoms with Gasteiger partial charge in [-0.3, -0.25) is 0 Å². The maximum absolute atomic E-state index is 13.9. The molecule has 4 aromatic rings. The lowest BCUT2D eigenvalue weighted by atomic mass is 9.98. The minimum atomic E-state index is -0.211. The van der Waals surface area contributed by atoms with Gasteiger partial charge in [-0.05, 0) is 82.3 Å². The van der Waals surface area contributed by atoms with Crippen LogP contribution in [0.15, 0.2) is 72.8 Å². The molecule has 0 amide bonds. The second kappa shape index (κ2) is 8.46. The van der Waals surface area contributed by atoms with E-state index in [1.807, 2.05) is 48.6 Å². The first-order valence-corrected chi connectivity index (χ1v) is 9.91. The zero-order valence-electron chi connectivity index (χ0n) is 17.0. The molecule has 0 saturated heterocycles. The Labute approximate surface area is 175 Å². The van der Waals surface area contributed by atoms with Crippen LogP contribution in [-0.4, -0.2) is 0 Å². The second-order valence-electron chi connectivity index (χ2n) is 7.51. The average molecular weight is 396 g/mol. The molecule has 0 N–H and O–H groups in total. The van der Waals surface area contributed by atoms with E-state index < -0.39 is 0 Å². The molecular formula is C28H22F2. The molecule has 0 aliphatic carbocycles. The van der Waals surface area contributed by atoms with Gasteiger partial charge in [0.1, 0.15) is 11.6 Å². The molecule has 0 saturated carbocycles. The fourth-order valence-electron chi connectivity index (χ4n) is 3.36. The molecular weight excluding hydrogens is 374 g/mol. The first-order chi connectivity index (χ1) is 14.5. The van der Waals surface area contributed by atoms with Gasteiger partial charge in [-0.2, -0.15) is 0 Å². The molecule has 4 aromatic carbocycles. The van der Waals surface area contributed by atoms with Gasteiger partial charge in [-0.1, -0.05) is 72.8 Å². The SMILES string of the molecule is Cc1ccc(C=Cc2cc3ccccc3cc2C=Cc2ccc(C)c(F)c2)cc1F. The Morgan fingerprint density at radius 1 is 0.533 bits per heavy atom. The Balaban J connectivity index is 1.75. The number of rotatable bonds is 4. The summed E-state index contributed by atoms with van der Waals surface area (Å²) in [7, 11) is 0. The summed E-state index contributed by atoms with van der Waals surface area (Å²) in [6, 6.07) is 22.8. The van der Waals surface area contributed by atoms with E-state index >= 15 is 0 Å². The zero-order chi connectivity index (χ0) is 21.1. The van der Waals surface area contributed by atoms with Crippen LogP contribution in [-0.2, 0) is 0 Å². The maximum atomic E-state index is 13.9. The van der Waals surface area contributed by atoms with Gasteiger partial charge < -0.3 is 0 Å². The molecule has 0 radical (unpaired) electrons. The Hall–Kier alpha value is -3.52. The number of fused-ring (bicyclic) bond motifs is 1. The topological polar surface area (TPSA) is 0 Å². The highest BCUT2D eigenvalue weighted by atomic mass is 19.1. The lowest BCUT2D eigenvalue weighted by molar-refractivity contribution is 0.618. The van der Waals surface area contributed by atoms with Crippen LogP contribution < -0.4 is 0 Å². The van der Waals surface area contributed by atoms with Crippen LogP contribution in [0, 0.1) is 25.5 Å². The number of hydrogen-bond acceptors (Lipinski definition) is 0. The van der Waals surface area contributed by atoms with Crippen molar-refractivity contribution in [3.8, 4) is 0 Å². The van der Waals surface area contributed by atoms with E-state index in [2.05, 4.69) is 24.3 Å². The summed E-state index contributed by atoms with van der Waals surface area (Å²) < 4.78 is 27.8. The third kappa shape index (κ3) is 4.38. The highest BCUT2D eigenvalue weighted by Gasteiger charge is 2.03. The average Bonchev–Trinajstić information content (AvgIpc) is 2.75. The smallest absolute Gasteiger partial charge is 0.126 e. The Bertz CT molecular complexity index is 1180. The summed E-state index contributed by atoms with van der Waals surface area (Å²) in [6.45, 7) is 3.51. The van der Waals surface area contributed by atoms with Crippen LogP contribution in [0.25, 0.3) is 35.1 Å². The molecule has 0 heterocycles. The summed E-state index contributed by atoms with van der Waals surface area (Å²) in [4.78, 5) is 0. The summed E-state index contributed by atoms with van der Waals surface area (Å²) in [6.07, 6.45) is 7.81. The van der Waals surface area contributed by atoms with Gasteiger partial charge in [0.15, 0.2) is 0 Å². The van der Waals surface area contributed by atoms with Gasteiger partial charge >= 0.3 is 0 Å². The molecule has 0 aliphatic heterocycles. The molecule has 0 bridgehead atoms. The number of halogens is 2. The van der Waals surface area contributed by atoms with Crippen molar-refractivity contribution in [3.63, 3.8) is 0 Å². The van der Waals surface area contributed by atoms with Gasteiger partial charge in [0.25, 0.3) is 0 Å². The predicted octanol–water partition coefficient (Wildman–Crippen LogP) is 8.08. The summed E-state index contributed by atoms with van der Waals surface area (Å²) in [5.74, 6) is -0.422. The van der Waals surface area contributed by atoms with Crippen molar-refractivity contribution in [2.45, 2.75) is 13.8 Å². The minimum Gasteiger partial charge on any atom is -0.207 e. The normalized spacial score (nSPS) is 11.7. The van der Waals surface area contributed by atoms with E-state index in [9.17, 15) is 8.78 Å². The molecule has 0 fully saturated rings. The zero-order valence-corrected chi connectivity index (χ0v) is 17.0. The van der Waals surface area contributed by atoms with Crippen LogP contribution in [0.2, 0.25) is 0 Å². The van der Waals surface area contributed by atoms with Gasteiger partial charge in [0, 0.05) is 0 Å². The second-order valence-corrected chi connectivity index (χ2v) is 7.51. The fourth-order valence-corrected chi connectivity index (χ4v) is 3.36. The van der Waals surface area contributed by atoms with Crippen molar-refractivity contribution in [3.05, 3.63) is 118 Å². The Kier molecular flexibility index (Phi) is 5.58. The molecule has 0 aromatic heterocycles. The summed E-state index contributed by atoms with van der Waals surface area (Å²) in [5.41, 5.74) is 4.90. The van der Waals surface area contributed by atoms with Crippen LogP contribution >= 0.6 is 0 Å². The van der Waals surface area contributed by atoms with Crippen LogP contribution in [0.5, 0.6) is 0 Å². The fraction of sp³-hybridized carbons (Fsp3) is 0.0714. The first kappa shape index (κ1) is 19.8. The molecule has 0 aliphatic rings. The standard InChI is InChI=1S/C28H22F2/c1-19-7-9-21(15-27(19)29)11-13-25-17-23-5-3-4-6-24(23)18-26(25)14-12-22-10-8-20(2)28(30)16-22/h3-18H,1-2H3. The van der Waals surface area contributed by atoms with Crippen LogP contribution in [0.4, 0.5) is 8.78 Å². The van der Waals surface area contributed by atoms with Crippen molar-refractivity contribution in [1.82, 2.24) is 0 Å². The third-order valence-electron chi connectivity index (χ3n) is 5.25. The molecule has 0 nitrogen and oxygen atoms in total. The largest absolute Gasteiger partial charge is 0.207 e. The van der Waals surface area contributed by atoms with Crippen molar-refractivity contribution in [2.75, 3.05) is 0 Å². The van der Waals surface area contributed by atoms with Gasteiger partial charge in [0.05, 0.1) is 0 Å². The maximum Gasteiger partial charge on any atom is 0.126 e. The Morgan fingerprint density at radius 2 is 0.967 bits per heavy atom. The number of benzene rings is 4. The van der Waals surface area contributed by atoms with E-state index in [4.69, 9.17) is 0 Å². The van der Waals surface area contributed by atoms with E-state index in [0.29, 0.717) is 11.1 Å². The van der Waals surface area contributed by atoms with Crippen molar-refractivity contribution in [1.29, 1.82) is 0 Å². The third-order valence-corrected chi connectivity index (χ3v) is 5.25. The van der Waals surface area contributed by atoms with Gasteiger partial charge in [0.2, 0.25) is 0 Å². The summed E-state index contributed by atoms with van der Waals surface area (Å²) >= 11 is 0.